The summed E-state index contributed by atoms with van der Waals surface area (Å²) in [6.07, 6.45) is -4.78. The molecule has 0 bridgehead atoms. The van der Waals surface area contributed by atoms with E-state index >= 15 is 0 Å². The Hall–Kier alpha value is -2.10. The van der Waals surface area contributed by atoms with E-state index in [0.29, 0.717) is 12.1 Å². The average Bonchev–Trinajstić information content (AvgIpc) is 2.46. The Kier molecular flexibility index (Phi) is 4.14. The lowest BCUT2D eigenvalue weighted by Crippen LogP contribution is -2.15. The Labute approximate surface area is 123 Å². The minimum Gasteiger partial charge on any atom is -0.733 e. The highest BCUT2D eigenvalue weighted by Gasteiger charge is 2.32. The van der Waals surface area contributed by atoms with Crippen molar-refractivity contribution in [2.24, 2.45) is 0 Å². The third-order valence-corrected chi connectivity index (χ3v) is 4.65. The SMILES string of the molecule is O=S(=O)(c1ccccc1)c1ccc(C(F)(F)F)cc1N([O-])O. The fraction of sp³-hybridized carbons (Fsp3) is 0.0769. The number of halogens is 3. The van der Waals surface area contributed by atoms with Gasteiger partial charge in [0.2, 0.25) is 9.84 Å². The maximum Gasteiger partial charge on any atom is 0.416 e. The Morgan fingerprint density at radius 2 is 1.64 bits per heavy atom. The van der Waals surface area contributed by atoms with Crippen LogP contribution in [0.3, 0.4) is 0 Å². The molecule has 0 saturated heterocycles. The minimum absolute atomic E-state index is 0.210. The van der Waals surface area contributed by atoms with E-state index < -0.39 is 37.4 Å². The van der Waals surface area contributed by atoms with Crippen molar-refractivity contribution in [2.75, 3.05) is 5.23 Å². The summed E-state index contributed by atoms with van der Waals surface area (Å²) >= 11 is 0. The van der Waals surface area contributed by atoms with Crippen LogP contribution in [0.15, 0.2) is 58.3 Å². The van der Waals surface area contributed by atoms with Crippen molar-refractivity contribution in [3.63, 3.8) is 0 Å². The molecule has 1 N–H and O–H groups in total. The molecule has 0 amide bonds. The first-order valence-electron chi connectivity index (χ1n) is 5.81. The van der Waals surface area contributed by atoms with Crippen LogP contribution in [-0.4, -0.2) is 13.6 Å². The molecule has 2 aromatic carbocycles. The van der Waals surface area contributed by atoms with Gasteiger partial charge in [0.05, 0.1) is 21.0 Å². The van der Waals surface area contributed by atoms with Gasteiger partial charge in [0.15, 0.2) is 0 Å². The number of hydrogen-bond donors (Lipinski definition) is 1. The molecule has 0 aliphatic rings. The Balaban J connectivity index is 2.66. The van der Waals surface area contributed by atoms with Crippen molar-refractivity contribution in [1.29, 1.82) is 0 Å². The van der Waals surface area contributed by atoms with E-state index in [1.165, 1.54) is 24.3 Å². The predicted molar refractivity (Wildman–Crippen MR) is 71.0 cm³/mol. The van der Waals surface area contributed by atoms with Gasteiger partial charge in [-0.25, -0.2) is 8.42 Å². The summed E-state index contributed by atoms with van der Waals surface area (Å²) in [6, 6.07) is 8.30. The van der Waals surface area contributed by atoms with E-state index in [1.54, 1.807) is 6.07 Å². The monoisotopic (exact) mass is 332 g/mol. The number of rotatable bonds is 3. The predicted octanol–water partition coefficient (Wildman–Crippen LogP) is 3.23. The summed E-state index contributed by atoms with van der Waals surface area (Å²) in [5, 5.41) is 19.1. The van der Waals surface area contributed by atoms with Crippen LogP contribution in [0, 0.1) is 5.21 Å². The highest BCUT2D eigenvalue weighted by Crippen LogP contribution is 2.36. The van der Waals surface area contributed by atoms with Gasteiger partial charge in [0.1, 0.15) is 0 Å². The van der Waals surface area contributed by atoms with Crippen LogP contribution < -0.4 is 5.23 Å². The maximum atomic E-state index is 12.6. The molecular weight excluding hydrogens is 323 g/mol. The zero-order chi connectivity index (χ0) is 16.5. The Morgan fingerprint density at radius 1 is 1.05 bits per heavy atom. The standard InChI is InChI=1S/C13H9F3NO4S/c14-13(15,16)9-6-7-12(11(8-9)17(18)19)22(20,21)10-4-2-1-3-5-10/h1-8,18H/q-1. The van der Waals surface area contributed by atoms with E-state index in [9.17, 15) is 26.8 Å². The van der Waals surface area contributed by atoms with Crippen molar-refractivity contribution in [3.8, 4) is 0 Å². The topological polar surface area (TPSA) is 80.7 Å². The van der Waals surface area contributed by atoms with E-state index in [2.05, 4.69) is 0 Å². The van der Waals surface area contributed by atoms with Crippen molar-refractivity contribution in [3.05, 3.63) is 59.3 Å². The molecule has 118 valence electrons. The van der Waals surface area contributed by atoms with Crippen LogP contribution in [0.5, 0.6) is 0 Å². The number of benzene rings is 2. The first-order chi connectivity index (χ1) is 10.1. The van der Waals surface area contributed by atoms with E-state index in [4.69, 9.17) is 5.21 Å². The largest absolute Gasteiger partial charge is 0.733 e. The molecule has 0 radical (unpaired) electrons. The Morgan fingerprint density at radius 3 is 2.14 bits per heavy atom. The van der Waals surface area contributed by atoms with Gasteiger partial charge in [0.25, 0.3) is 0 Å². The third kappa shape index (κ3) is 3.06. The summed E-state index contributed by atoms with van der Waals surface area (Å²) < 4.78 is 62.6. The number of sulfone groups is 1. The molecular formula is C13H9F3NO4S-. The smallest absolute Gasteiger partial charge is 0.416 e. The lowest BCUT2D eigenvalue weighted by atomic mass is 10.2. The summed E-state index contributed by atoms with van der Waals surface area (Å²) in [5.74, 6) is 0. The zero-order valence-electron chi connectivity index (χ0n) is 10.8. The van der Waals surface area contributed by atoms with Gasteiger partial charge in [-0.3, -0.25) is 5.21 Å². The third-order valence-electron chi connectivity index (χ3n) is 2.84. The van der Waals surface area contributed by atoms with Gasteiger partial charge in [0, 0.05) is 0 Å². The molecule has 0 atom stereocenters. The van der Waals surface area contributed by atoms with Crippen LogP contribution in [0.25, 0.3) is 0 Å². The minimum atomic E-state index is -4.78. The molecule has 0 spiro atoms. The molecule has 5 nitrogen and oxygen atoms in total. The second kappa shape index (κ2) is 5.59. The summed E-state index contributed by atoms with van der Waals surface area (Å²) in [6.45, 7) is 0. The van der Waals surface area contributed by atoms with Gasteiger partial charge in [-0.15, -0.1) is 0 Å². The molecule has 2 aromatic rings. The maximum absolute atomic E-state index is 12.6. The van der Waals surface area contributed by atoms with E-state index in [-0.39, 0.29) is 11.0 Å². The number of anilines is 1. The quantitative estimate of drug-likeness (QED) is 0.873. The lowest BCUT2D eigenvalue weighted by Gasteiger charge is -2.25. The molecule has 0 saturated carbocycles. The number of alkyl halides is 3. The molecule has 0 heterocycles. The highest BCUT2D eigenvalue weighted by atomic mass is 32.2. The van der Waals surface area contributed by atoms with Crippen molar-refractivity contribution in [1.82, 2.24) is 0 Å². The van der Waals surface area contributed by atoms with Crippen LogP contribution in [-0.2, 0) is 16.0 Å². The molecule has 0 unspecified atom stereocenters. The first-order valence-corrected chi connectivity index (χ1v) is 7.30. The van der Waals surface area contributed by atoms with Gasteiger partial charge >= 0.3 is 6.18 Å². The molecule has 0 fully saturated rings. The van der Waals surface area contributed by atoms with Gasteiger partial charge < -0.3 is 10.4 Å². The summed E-state index contributed by atoms with van der Waals surface area (Å²) in [7, 11) is -4.25. The van der Waals surface area contributed by atoms with Gasteiger partial charge in [-0.1, -0.05) is 18.2 Å². The van der Waals surface area contributed by atoms with Gasteiger partial charge in [-0.2, -0.15) is 13.2 Å². The summed E-state index contributed by atoms with van der Waals surface area (Å²) in [5.41, 5.74) is -2.25. The highest BCUT2D eigenvalue weighted by molar-refractivity contribution is 7.91. The number of hydrogen-bond acceptors (Lipinski definition) is 5. The fourth-order valence-corrected chi connectivity index (χ4v) is 3.23. The molecule has 0 aliphatic carbocycles. The molecule has 9 heteroatoms. The van der Waals surface area contributed by atoms with Crippen molar-refractivity contribution in [2.45, 2.75) is 16.0 Å². The lowest BCUT2D eigenvalue weighted by molar-refractivity contribution is -0.137. The molecule has 22 heavy (non-hydrogen) atoms. The normalized spacial score (nSPS) is 12.2. The first kappa shape index (κ1) is 16.3. The summed E-state index contributed by atoms with van der Waals surface area (Å²) in [4.78, 5) is -0.929. The molecule has 2 rings (SSSR count). The molecule has 0 aromatic heterocycles. The second-order valence-electron chi connectivity index (χ2n) is 4.27. The Bertz CT molecular complexity index is 774. The van der Waals surface area contributed by atoms with Crippen molar-refractivity contribution < 1.29 is 26.8 Å². The van der Waals surface area contributed by atoms with E-state index in [0.717, 1.165) is 0 Å². The second-order valence-corrected chi connectivity index (χ2v) is 6.19. The molecule has 0 aliphatic heterocycles. The van der Waals surface area contributed by atoms with Crippen LogP contribution in [0.1, 0.15) is 5.56 Å². The average molecular weight is 332 g/mol. The zero-order valence-corrected chi connectivity index (χ0v) is 11.6. The van der Waals surface area contributed by atoms with Crippen LogP contribution in [0.2, 0.25) is 0 Å². The van der Waals surface area contributed by atoms with Crippen molar-refractivity contribution >= 4 is 15.5 Å². The van der Waals surface area contributed by atoms with Crippen LogP contribution >= 0.6 is 0 Å². The number of nitrogens with zero attached hydrogens (tertiary/aromatic N) is 1. The fourth-order valence-electron chi connectivity index (χ4n) is 1.80. The van der Waals surface area contributed by atoms with E-state index in [1.807, 2.05) is 0 Å². The van der Waals surface area contributed by atoms with Crippen LogP contribution in [0.4, 0.5) is 18.9 Å². The van der Waals surface area contributed by atoms with Gasteiger partial charge in [-0.05, 0) is 30.3 Å².